The Kier molecular flexibility index (Phi) is 4.65. The van der Waals surface area contributed by atoms with Gasteiger partial charge in [-0.15, -0.1) is 0 Å². The normalized spacial score (nSPS) is 10.7. The van der Waals surface area contributed by atoms with Crippen LogP contribution >= 0.6 is 0 Å². The predicted molar refractivity (Wildman–Crippen MR) is 102 cm³/mol. The van der Waals surface area contributed by atoms with Crippen molar-refractivity contribution in [2.24, 2.45) is 0 Å². The third kappa shape index (κ3) is 3.60. The van der Waals surface area contributed by atoms with Gasteiger partial charge in [-0.3, -0.25) is 4.79 Å². The first-order valence-corrected chi connectivity index (χ1v) is 8.24. The molecule has 0 radical (unpaired) electrons. The Bertz CT molecular complexity index is 916. The van der Waals surface area contributed by atoms with Crippen molar-refractivity contribution in [3.8, 4) is 0 Å². The lowest BCUT2D eigenvalue weighted by Crippen LogP contribution is -2.31. The molecule has 0 bridgehead atoms. The molecule has 5 heteroatoms. The summed E-state index contributed by atoms with van der Waals surface area (Å²) in [4.78, 5) is 23.0. The number of hydrogen-bond acceptors (Lipinski definition) is 4. The van der Waals surface area contributed by atoms with Crippen molar-refractivity contribution in [2.45, 2.75) is 20.8 Å². The molecule has 1 heterocycles. The molecule has 0 saturated heterocycles. The van der Waals surface area contributed by atoms with E-state index in [1.807, 2.05) is 69.1 Å². The number of aryl methyl sites for hydroxylation is 3. The predicted octanol–water partition coefficient (Wildman–Crippen LogP) is 3.63. The number of rotatable bonds is 4. The van der Waals surface area contributed by atoms with Crippen LogP contribution in [0.15, 0.2) is 42.7 Å². The molecule has 1 aromatic heterocycles. The molecule has 5 nitrogen and oxygen atoms in total. The Hall–Kier alpha value is -2.95. The van der Waals surface area contributed by atoms with E-state index >= 15 is 0 Å². The summed E-state index contributed by atoms with van der Waals surface area (Å²) in [5, 5.41) is 3.96. The van der Waals surface area contributed by atoms with Crippen molar-refractivity contribution in [3.05, 3.63) is 59.4 Å². The van der Waals surface area contributed by atoms with Gasteiger partial charge in [0.2, 0.25) is 5.91 Å². The molecule has 0 aliphatic carbocycles. The summed E-state index contributed by atoms with van der Waals surface area (Å²) in [6, 6.07) is 12.0. The average Bonchev–Trinajstić information content (AvgIpc) is 2.57. The molecule has 3 rings (SSSR count). The van der Waals surface area contributed by atoms with Gasteiger partial charge in [0.05, 0.1) is 12.1 Å². The molecule has 0 aliphatic rings. The van der Waals surface area contributed by atoms with Crippen molar-refractivity contribution in [3.63, 3.8) is 0 Å². The molecule has 0 unspecified atom stereocenters. The number of anilines is 2. The lowest BCUT2D eigenvalue weighted by atomic mass is 10.1. The first-order valence-electron chi connectivity index (χ1n) is 8.24. The monoisotopic (exact) mass is 334 g/mol. The quantitative estimate of drug-likeness (QED) is 0.791. The van der Waals surface area contributed by atoms with Crippen LogP contribution in [-0.4, -0.2) is 29.5 Å². The van der Waals surface area contributed by atoms with Gasteiger partial charge in [-0.05, 0) is 44.0 Å². The van der Waals surface area contributed by atoms with Gasteiger partial charge < -0.3 is 10.2 Å². The summed E-state index contributed by atoms with van der Waals surface area (Å²) in [6.07, 6.45) is 1.53. The fourth-order valence-corrected chi connectivity index (χ4v) is 2.94. The summed E-state index contributed by atoms with van der Waals surface area (Å²) in [7, 11) is 1.87. The van der Waals surface area contributed by atoms with Crippen molar-refractivity contribution in [1.82, 2.24) is 9.97 Å². The zero-order valence-corrected chi connectivity index (χ0v) is 15.0. The standard InChI is InChI=1S/C20H22N4O/c1-13-8-9-17-16(10-13)20(22-12-21-17)24(4)11-18(25)23-19-14(2)6-5-7-15(19)3/h5-10,12H,11H2,1-4H3,(H,23,25). The third-order valence-corrected chi connectivity index (χ3v) is 4.26. The highest BCUT2D eigenvalue weighted by Crippen LogP contribution is 2.23. The summed E-state index contributed by atoms with van der Waals surface area (Å²) in [5.74, 6) is 0.685. The van der Waals surface area contributed by atoms with Gasteiger partial charge in [-0.25, -0.2) is 9.97 Å². The number of aromatic nitrogens is 2. The van der Waals surface area contributed by atoms with Gasteiger partial charge in [0.25, 0.3) is 0 Å². The van der Waals surface area contributed by atoms with Crippen LogP contribution in [0, 0.1) is 20.8 Å². The number of para-hydroxylation sites is 1. The topological polar surface area (TPSA) is 58.1 Å². The molecule has 1 N–H and O–H groups in total. The molecule has 1 amide bonds. The summed E-state index contributed by atoms with van der Waals surface area (Å²) >= 11 is 0. The largest absolute Gasteiger partial charge is 0.350 e. The van der Waals surface area contributed by atoms with Crippen LogP contribution in [0.3, 0.4) is 0 Å². The Morgan fingerprint density at radius 2 is 1.80 bits per heavy atom. The summed E-state index contributed by atoms with van der Waals surface area (Å²) in [6.45, 7) is 6.23. The molecule has 0 spiro atoms. The Morgan fingerprint density at radius 1 is 1.08 bits per heavy atom. The van der Waals surface area contributed by atoms with Gasteiger partial charge in [0, 0.05) is 18.1 Å². The van der Waals surface area contributed by atoms with Gasteiger partial charge >= 0.3 is 0 Å². The second-order valence-electron chi connectivity index (χ2n) is 6.39. The van der Waals surface area contributed by atoms with E-state index in [2.05, 4.69) is 15.3 Å². The fraction of sp³-hybridized carbons (Fsp3) is 0.250. The first kappa shape index (κ1) is 16.9. The van der Waals surface area contributed by atoms with Crippen molar-refractivity contribution in [2.75, 3.05) is 23.8 Å². The van der Waals surface area contributed by atoms with E-state index in [0.29, 0.717) is 0 Å². The van der Waals surface area contributed by atoms with Gasteiger partial charge in [-0.1, -0.05) is 29.8 Å². The van der Waals surface area contributed by atoms with E-state index in [-0.39, 0.29) is 12.5 Å². The highest BCUT2D eigenvalue weighted by molar-refractivity contribution is 5.97. The van der Waals surface area contributed by atoms with Gasteiger partial charge in [-0.2, -0.15) is 0 Å². The maximum Gasteiger partial charge on any atom is 0.243 e. The minimum Gasteiger partial charge on any atom is -0.350 e. The highest BCUT2D eigenvalue weighted by Gasteiger charge is 2.14. The van der Waals surface area contributed by atoms with Crippen LogP contribution in [0.4, 0.5) is 11.5 Å². The lowest BCUT2D eigenvalue weighted by Gasteiger charge is -2.20. The number of likely N-dealkylation sites (N-methyl/N-ethyl adjacent to an activating group) is 1. The molecule has 0 saturated carbocycles. The Balaban J connectivity index is 1.82. The minimum atomic E-state index is -0.0701. The van der Waals surface area contributed by atoms with Crippen molar-refractivity contribution < 1.29 is 4.79 Å². The zero-order valence-electron chi connectivity index (χ0n) is 15.0. The number of nitrogens with zero attached hydrogens (tertiary/aromatic N) is 3. The van der Waals surface area contributed by atoms with E-state index < -0.39 is 0 Å². The van der Waals surface area contributed by atoms with Crippen LogP contribution in [0.5, 0.6) is 0 Å². The van der Waals surface area contributed by atoms with E-state index in [0.717, 1.165) is 39.1 Å². The number of carbonyl (C=O) groups excluding carboxylic acids is 1. The molecular formula is C20H22N4O. The zero-order chi connectivity index (χ0) is 18.0. The number of carbonyl (C=O) groups is 1. The second kappa shape index (κ2) is 6.89. The molecule has 0 aliphatic heterocycles. The fourth-order valence-electron chi connectivity index (χ4n) is 2.94. The maximum atomic E-state index is 12.5. The van der Waals surface area contributed by atoms with Crippen molar-refractivity contribution in [1.29, 1.82) is 0 Å². The van der Waals surface area contributed by atoms with Crippen LogP contribution in [0.1, 0.15) is 16.7 Å². The highest BCUT2D eigenvalue weighted by atomic mass is 16.2. The average molecular weight is 334 g/mol. The van der Waals surface area contributed by atoms with Crippen LogP contribution in [-0.2, 0) is 4.79 Å². The molecule has 0 atom stereocenters. The molecule has 0 fully saturated rings. The number of fused-ring (bicyclic) bond motifs is 1. The molecule has 3 aromatic rings. The number of hydrogen-bond donors (Lipinski definition) is 1. The maximum absolute atomic E-state index is 12.5. The minimum absolute atomic E-state index is 0.0701. The summed E-state index contributed by atoms with van der Waals surface area (Å²) < 4.78 is 0. The van der Waals surface area contributed by atoms with Crippen LogP contribution < -0.4 is 10.2 Å². The smallest absolute Gasteiger partial charge is 0.243 e. The van der Waals surface area contributed by atoms with E-state index in [9.17, 15) is 4.79 Å². The van der Waals surface area contributed by atoms with E-state index in [1.165, 1.54) is 6.33 Å². The first-order chi connectivity index (χ1) is 12.0. The van der Waals surface area contributed by atoms with E-state index in [1.54, 1.807) is 0 Å². The van der Waals surface area contributed by atoms with Gasteiger partial charge in [0.15, 0.2) is 0 Å². The third-order valence-electron chi connectivity index (χ3n) is 4.26. The number of benzene rings is 2. The van der Waals surface area contributed by atoms with Crippen molar-refractivity contribution >= 4 is 28.3 Å². The van der Waals surface area contributed by atoms with Gasteiger partial charge in [0.1, 0.15) is 12.1 Å². The van der Waals surface area contributed by atoms with Crippen LogP contribution in [0.25, 0.3) is 10.9 Å². The lowest BCUT2D eigenvalue weighted by molar-refractivity contribution is -0.114. The Labute approximate surface area is 147 Å². The second-order valence-corrected chi connectivity index (χ2v) is 6.39. The molecule has 128 valence electrons. The SMILES string of the molecule is Cc1ccc2ncnc(N(C)CC(=O)Nc3c(C)cccc3C)c2c1. The number of nitrogens with one attached hydrogen (secondary N) is 1. The number of amides is 1. The van der Waals surface area contributed by atoms with Crippen LogP contribution in [0.2, 0.25) is 0 Å². The molecule has 2 aromatic carbocycles. The molecule has 25 heavy (non-hydrogen) atoms. The Morgan fingerprint density at radius 3 is 2.52 bits per heavy atom. The molecular weight excluding hydrogens is 312 g/mol. The van der Waals surface area contributed by atoms with E-state index in [4.69, 9.17) is 0 Å². The summed E-state index contributed by atoms with van der Waals surface area (Å²) in [5.41, 5.74) is 5.00.